The van der Waals surface area contributed by atoms with Crippen molar-refractivity contribution in [1.82, 2.24) is 20.4 Å². The topological polar surface area (TPSA) is 52.1 Å². The van der Waals surface area contributed by atoms with Gasteiger partial charge in [-0.3, -0.25) is 9.89 Å². The van der Waals surface area contributed by atoms with Crippen molar-refractivity contribution in [2.45, 2.75) is 77.6 Å². The minimum Gasteiger partial charge on any atom is -0.378 e. The second-order valence-electron chi connectivity index (χ2n) is 9.49. The first-order valence-electron chi connectivity index (χ1n) is 12.8. The maximum Gasteiger partial charge on any atom is 0.191 e. The lowest BCUT2D eigenvalue weighted by atomic mass is 10.0. The summed E-state index contributed by atoms with van der Waals surface area (Å²) in [6.45, 7) is 14.9. The van der Waals surface area contributed by atoms with Crippen LogP contribution in [0.1, 0.15) is 58.4 Å². The molecule has 180 valence electrons. The van der Waals surface area contributed by atoms with Gasteiger partial charge in [-0.25, -0.2) is 0 Å². The third kappa shape index (κ3) is 8.72. The van der Waals surface area contributed by atoms with E-state index in [0.717, 1.165) is 64.6 Å². The van der Waals surface area contributed by atoms with Crippen LogP contribution in [0.4, 0.5) is 0 Å². The molecule has 6 nitrogen and oxygen atoms in total. The van der Waals surface area contributed by atoms with Crippen molar-refractivity contribution in [2.75, 3.05) is 45.9 Å². The monoisotopic (exact) mass is 443 g/mol. The molecule has 2 heterocycles. The quantitative estimate of drug-likeness (QED) is 0.329. The first-order valence-corrected chi connectivity index (χ1v) is 12.8. The van der Waals surface area contributed by atoms with Crippen LogP contribution in [0.2, 0.25) is 0 Å². The number of nitrogens with zero attached hydrogens (tertiary/aromatic N) is 3. The summed E-state index contributed by atoms with van der Waals surface area (Å²) in [4.78, 5) is 9.90. The molecule has 6 heteroatoms. The normalized spacial score (nSPS) is 20.1. The van der Waals surface area contributed by atoms with Crippen LogP contribution in [0.3, 0.4) is 0 Å². The largest absolute Gasteiger partial charge is 0.378 e. The molecule has 0 aliphatic carbocycles. The molecule has 2 saturated heterocycles. The molecule has 2 aliphatic heterocycles. The van der Waals surface area contributed by atoms with Gasteiger partial charge in [0.2, 0.25) is 0 Å². The number of hydrogen-bond donors (Lipinski definition) is 2. The highest BCUT2D eigenvalue weighted by Gasteiger charge is 2.21. The summed E-state index contributed by atoms with van der Waals surface area (Å²) in [5.74, 6) is 0.963. The van der Waals surface area contributed by atoms with Gasteiger partial charge < -0.3 is 20.3 Å². The molecular weight excluding hydrogens is 398 g/mol. The van der Waals surface area contributed by atoms with Gasteiger partial charge in [-0.15, -0.1) is 0 Å². The van der Waals surface area contributed by atoms with E-state index < -0.39 is 0 Å². The molecule has 0 unspecified atom stereocenters. The average molecular weight is 444 g/mol. The zero-order valence-electron chi connectivity index (χ0n) is 20.6. The van der Waals surface area contributed by atoms with Gasteiger partial charge in [0.25, 0.3) is 0 Å². The predicted octanol–water partition coefficient (Wildman–Crippen LogP) is 3.49. The molecular formula is C26H45N5O. The van der Waals surface area contributed by atoms with Crippen molar-refractivity contribution < 1.29 is 4.74 Å². The van der Waals surface area contributed by atoms with Crippen molar-refractivity contribution in [3.05, 3.63) is 35.9 Å². The van der Waals surface area contributed by atoms with Crippen molar-refractivity contribution in [3.8, 4) is 0 Å². The van der Waals surface area contributed by atoms with Crippen LogP contribution in [0.15, 0.2) is 35.3 Å². The molecule has 0 bridgehead atoms. The standard InChI is InChI=1S/C26H45N5O/c1-4-27-26(29-24-11-18-31(19-12-24)22(2)3)28-15-8-20-32-25-13-16-30(17-14-25)21-23-9-6-5-7-10-23/h5-7,9-10,22,24-25H,4,8,11-21H2,1-3H3,(H2,27,28,29). The summed E-state index contributed by atoms with van der Waals surface area (Å²) in [5, 5.41) is 7.06. The van der Waals surface area contributed by atoms with E-state index in [4.69, 9.17) is 9.73 Å². The molecule has 1 aromatic rings. The van der Waals surface area contributed by atoms with Crippen LogP contribution >= 0.6 is 0 Å². The van der Waals surface area contributed by atoms with Crippen LogP contribution in [0.25, 0.3) is 0 Å². The summed E-state index contributed by atoms with van der Waals surface area (Å²) in [5.41, 5.74) is 1.40. The van der Waals surface area contributed by atoms with Gasteiger partial charge in [-0.05, 0) is 58.4 Å². The van der Waals surface area contributed by atoms with Crippen molar-refractivity contribution in [1.29, 1.82) is 0 Å². The summed E-state index contributed by atoms with van der Waals surface area (Å²) in [6, 6.07) is 11.9. The smallest absolute Gasteiger partial charge is 0.191 e. The summed E-state index contributed by atoms with van der Waals surface area (Å²) >= 11 is 0. The van der Waals surface area contributed by atoms with E-state index in [-0.39, 0.29) is 0 Å². The maximum atomic E-state index is 6.17. The zero-order valence-corrected chi connectivity index (χ0v) is 20.6. The molecule has 3 rings (SSSR count). The van der Waals surface area contributed by atoms with E-state index in [2.05, 4.69) is 71.5 Å². The highest BCUT2D eigenvalue weighted by molar-refractivity contribution is 5.80. The lowest BCUT2D eigenvalue weighted by Gasteiger charge is -2.35. The van der Waals surface area contributed by atoms with Crippen molar-refractivity contribution >= 4 is 5.96 Å². The maximum absolute atomic E-state index is 6.17. The van der Waals surface area contributed by atoms with E-state index in [9.17, 15) is 0 Å². The van der Waals surface area contributed by atoms with Crippen LogP contribution in [0.5, 0.6) is 0 Å². The minimum absolute atomic E-state index is 0.406. The summed E-state index contributed by atoms with van der Waals surface area (Å²) in [7, 11) is 0. The summed E-state index contributed by atoms with van der Waals surface area (Å²) in [6.07, 6.45) is 6.03. The van der Waals surface area contributed by atoms with Gasteiger partial charge in [-0.1, -0.05) is 30.3 Å². The second kappa shape index (κ2) is 13.8. The molecule has 0 saturated carbocycles. The molecule has 0 amide bonds. The molecule has 0 atom stereocenters. The summed E-state index contributed by atoms with van der Waals surface area (Å²) < 4.78 is 6.17. The zero-order chi connectivity index (χ0) is 22.6. The van der Waals surface area contributed by atoms with Crippen molar-refractivity contribution in [3.63, 3.8) is 0 Å². The molecule has 2 fully saturated rings. The number of guanidine groups is 1. The van der Waals surface area contributed by atoms with E-state index in [1.54, 1.807) is 0 Å². The fraction of sp³-hybridized carbons (Fsp3) is 0.731. The average Bonchev–Trinajstić information content (AvgIpc) is 2.81. The van der Waals surface area contributed by atoms with E-state index >= 15 is 0 Å². The molecule has 1 aromatic carbocycles. The van der Waals surface area contributed by atoms with E-state index in [1.807, 2.05) is 0 Å². The molecule has 2 aliphatic rings. The number of benzene rings is 1. The Labute approximate surface area is 195 Å². The Morgan fingerprint density at radius 2 is 1.78 bits per heavy atom. The molecule has 0 aromatic heterocycles. The highest BCUT2D eigenvalue weighted by Crippen LogP contribution is 2.16. The minimum atomic E-state index is 0.406. The Kier molecular flexibility index (Phi) is 10.8. The van der Waals surface area contributed by atoms with Gasteiger partial charge in [0.1, 0.15) is 0 Å². The fourth-order valence-corrected chi connectivity index (χ4v) is 4.65. The number of aliphatic imine (C=N–C) groups is 1. The van der Waals surface area contributed by atoms with Crippen molar-refractivity contribution in [2.24, 2.45) is 4.99 Å². The van der Waals surface area contributed by atoms with Gasteiger partial charge in [0.05, 0.1) is 6.10 Å². The number of hydrogen-bond acceptors (Lipinski definition) is 4. The van der Waals surface area contributed by atoms with Gasteiger partial charge in [0.15, 0.2) is 5.96 Å². The van der Waals surface area contributed by atoms with Gasteiger partial charge in [-0.2, -0.15) is 0 Å². The fourth-order valence-electron chi connectivity index (χ4n) is 4.65. The second-order valence-corrected chi connectivity index (χ2v) is 9.49. The number of piperidine rings is 2. The SMILES string of the molecule is CCNC(=NCCCOC1CCN(Cc2ccccc2)CC1)NC1CCN(C(C)C)CC1. The third-order valence-corrected chi connectivity index (χ3v) is 6.65. The third-order valence-electron chi connectivity index (χ3n) is 6.65. The number of likely N-dealkylation sites (tertiary alicyclic amines) is 2. The Morgan fingerprint density at radius 1 is 1.06 bits per heavy atom. The molecule has 0 radical (unpaired) electrons. The number of nitrogens with one attached hydrogen (secondary N) is 2. The first kappa shape index (κ1) is 25.0. The van der Waals surface area contributed by atoms with Gasteiger partial charge >= 0.3 is 0 Å². The Balaban J connectivity index is 1.28. The lowest BCUT2D eigenvalue weighted by molar-refractivity contribution is 0.00566. The Bertz CT molecular complexity index is 649. The van der Waals surface area contributed by atoms with Crippen LogP contribution in [0, 0.1) is 0 Å². The van der Waals surface area contributed by atoms with E-state index in [0.29, 0.717) is 18.2 Å². The Hall–Kier alpha value is -1.63. The highest BCUT2D eigenvalue weighted by atomic mass is 16.5. The van der Waals surface area contributed by atoms with Gasteiger partial charge in [0, 0.05) is 64.5 Å². The first-order chi connectivity index (χ1) is 15.6. The molecule has 0 spiro atoms. The Morgan fingerprint density at radius 3 is 2.44 bits per heavy atom. The molecule has 32 heavy (non-hydrogen) atoms. The van der Waals surface area contributed by atoms with Crippen LogP contribution in [-0.2, 0) is 11.3 Å². The molecule has 2 N–H and O–H groups in total. The van der Waals surface area contributed by atoms with E-state index in [1.165, 1.54) is 31.5 Å². The number of rotatable bonds is 10. The lowest BCUT2D eigenvalue weighted by Crippen LogP contribution is -2.49. The predicted molar refractivity (Wildman–Crippen MR) is 134 cm³/mol. The van der Waals surface area contributed by atoms with Crippen LogP contribution < -0.4 is 10.6 Å². The van der Waals surface area contributed by atoms with Crippen LogP contribution in [-0.4, -0.2) is 79.8 Å². The number of ether oxygens (including phenoxy) is 1.